The van der Waals surface area contributed by atoms with Gasteiger partial charge in [-0.3, -0.25) is 0 Å². The van der Waals surface area contributed by atoms with Crippen LogP contribution in [0.15, 0.2) is 24.3 Å². The summed E-state index contributed by atoms with van der Waals surface area (Å²) in [5.41, 5.74) is 2.55. The molecule has 0 bridgehead atoms. The van der Waals surface area contributed by atoms with Crippen molar-refractivity contribution in [3.63, 3.8) is 0 Å². The molecule has 0 amide bonds. The minimum atomic E-state index is -0.116. The van der Waals surface area contributed by atoms with Crippen molar-refractivity contribution in [2.24, 2.45) is 11.8 Å². The summed E-state index contributed by atoms with van der Waals surface area (Å²) in [6.45, 7) is 5.35. The van der Waals surface area contributed by atoms with Crippen molar-refractivity contribution in [3.05, 3.63) is 29.8 Å². The van der Waals surface area contributed by atoms with Gasteiger partial charge in [0.2, 0.25) is 0 Å². The average Bonchev–Trinajstić information content (AvgIpc) is 2.41. The first-order valence-corrected chi connectivity index (χ1v) is 7.56. The highest BCUT2D eigenvalue weighted by atomic mass is 16.3. The summed E-state index contributed by atoms with van der Waals surface area (Å²) < 4.78 is 0. The first kappa shape index (κ1) is 14.4. The molecule has 2 rings (SSSR count). The molecule has 19 heavy (non-hydrogen) atoms. The summed E-state index contributed by atoms with van der Waals surface area (Å²) in [6, 6.07) is 8.60. The van der Waals surface area contributed by atoms with Crippen LogP contribution in [0.3, 0.4) is 0 Å². The minimum Gasteiger partial charge on any atom is -0.393 e. The van der Waals surface area contributed by atoms with E-state index in [4.69, 9.17) is 0 Å². The average molecular weight is 261 g/mol. The maximum Gasteiger partial charge on any atom is 0.0585 e. The molecule has 1 saturated carbocycles. The lowest BCUT2D eigenvalue weighted by Gasteiger charge is -2.36. The molecule has 0 aliphatic heterocycles. The molecule has 2 nitrogen and oxygen atoms in total. The molecular weight excluding hydrogens is 234 g/mol. The van der Waals surface area contributed by atoms with Crippen molar-refractivity contribution in [3.8, 4) is 0 Å². The van der Waals surface area contributed by atoms with Gasteiger partial charge in [0, 0.05) is 25.2 Å². The Labute approximate surface area is 117 Å². The van der Waals surface area contributed by atoms with Gasteiger partial charge in [-0.1, -0.05) is 25.5 Å². The van der Waals surface area contributed by atoms with Crippen LogP contribution < -0.4 is 4.90 Å². The van der Waals surface area contributed by atoms with E-state index in [1.165, 1.54) is 30.5 Å². The molecule has 0 heterocycles. The fourth-order valence-corrected chi connectivity index (χ4v) is 3.23. The molecule has 106 valence electrons. The lowest BCUT2D eigenvalue weighted by molar-refractivity contribution is 0.0511. The topological polar surface area (TPSA) is 23.5 Å². The predicted molar refractivity (Wildman–Crippen MR) is 81.6 cm³/mol. The highest BCUT2D eigenvalue weighted by Gasteiger charge is 2.29. The summed E-state index contributed by atoms with van der Waals surface area (Å²) >= 11 is 0. The van der Waals surface area contributed by atoms with Crippen LogP contribution >= 0.6 is 0 Å². The maximum absolute atomic E-state index is 10.2. The second-order valence-electron chi connectivity index (χ2n) is 6.13. The van der Waals surface area contributed by atoms with E-state index < -0.39 is 0 Å². The van der Waals surface area contributed by atoms with Gasteiger partial charge in [-0.15, -0.1) is 0 Å². The SMILES string of the molecule is CCC1CCC(O)C(CN(C)c2cccc(C)c2)C1. The molecule has 0 saturated heterocycles. The van der Waals surface area contributed by atoms with E-state index in [0.29, 0.717) is 5.92 Å². The number of aliphatic hydroxyl groups is 1. The van der Waals surface area contributed by atoms with Crippen LogP contribution in [0.2, 0.25) is 0 Å². The van der Waals surface area contributed by atoms with Crippen molar-refractivity contribution in [1.82, 2.24) is 0 Å². The summed E-state index contributed by atoms with van der Waals surface area (Å²) in [5, 5.41) is 10.2. The molecule has 1 aliphatic rings. The number of rotatable bonds is 4. The molecular formula is C17H27NO. The number of aryl methyl sites for hydroxylation is 1. The number of aliphatic hydroxyl groups excluding tert-OH is 1. The van der Waals surface area contributed by atoms with Gasteiger partial charge in [-0.05, 0) is 49.8 Å². The molecule has 2 heteroatoms. The highest BCUT2D eigenvalue weighted by molar-refractivity contribution is 5.47. The van der Waals surface area contributed by atoms with E-state index in [1.54, 1.807) is 0 Å². The standard InChI is InChI=1S/C17H27NO/c1-4-14-8-9-17(19)15(11-14)12-18(3)16-7-5-6-13(2)10-16/h5-7,10,14-15,17,19H,4,8-9,11-12H2,1-3H3. The van der Waals surface area contributed by atoms with Gasteiger partial charge in [-0.25, -0.2) is 0 Å². The number of benzene rings is 1. The first-order valence-electron chi connectivity index (χ1n) is 7.56. The number of nitrogens with zero attached hydrogens (tertiary/aromatic N) is 1. The van der Waals surface area contributed by atoms with Crippen molar-refractivity contribution >= 4 is 5.69 Å². The van der Waals surface area contributed by atoms with Gasteiger partial charge in [-0.2, -0.15) is 0 Å². The normalized spacial score (nSPS) is 27.3. The number of hydrogen-bond donors (Lipinski definition) is 1. The Morgan fingerprint density at radius 3 is 2.79 bits per heavy atom. The zero-order chi connectivity index (χ0) is 13.8. The van der Waals surface area contributed by atoms with Crippen molar-refractivity contribution in [2.45, 2.75) is 45.6 Å². The van der Waals surface area contributed by atoms with Gasteiger partial charge in [0.25, 0.3) is 0 Å². The molecule has 0 spiro atoms. The van der Waals surface area contributed by atoms with Gasteiger partial charge >= 0.3 is 0 Å². The van der Waals surface area contributed by atoms with Crippen LogP contribution in [0.25, 0.3) is 0 Å². The Bertz CT molecular complexity index is 404. The monoisotopic (exact) mass is 261 g/mol. The predicted octanol–water partition coefficient (Wildman–Crippen LogP) is 3.62. The molecule has 1 fully saturated rings. The molecule has 1 aliphatic carbocycles. The van der Waals surface area contributed by atoms with E-state index in [9.17, 15) is 5.11 Å². The van der Waals surface area contributed by atoms with Crippen LogP contribution in [-0.4, -0.2) is 24.8 Å². The van der Waals surface area contributed by atoms with Crippen molar-refractivity contribution in [2.75, 3.05) is 18.5 Å². The van der Waals surface area contributed by atoms with Gasteiger partial charge in [0.15, 0.2) is 0 Å². The van der Waals surface area contributed by atoms with Crippen molar-refractivity contribution < 1.29 is 5.11 Å². The first-order chi connectivity index (χ1) is 9.10. The van der Waals surface area contributed by atoms with E-state index in [-0.39, 0.29) is 6.10 Å². The zero-order valence-electron chi connectivity index (χ0n) is 12.5. The summed E-state index contributed by atoms with van der Waals surface area (Å²) in [5.74, 6) is 1.23. The smallest absolute Gasteiger partial charge is 0.0585 e. The van der Waals surface area contributed by atoms with Crippen LogP contribution in [0, 0.1) is 18.8 Å². The number of hydrogen-bond acceptors (Lipinski definition) is 2. The minimum absolute atomic E-state index is 0.116. The Balaban J connectivity index is 1.99. The third-order valence-electron chi connectivity index (χ3n) is 4.58. The van der Waals surface area contributed by atoms with Crippen LogP contribution in [0.1, 0.15) is 38.2 Å². The van der Waals surface area contributed by atoms with Gasteiger partial charge < -0.3 is 10.0 Å². The highest BCUT2D eigenvalue weighted by Crippen LogP contribution is 2.32. The van der Waals surface area contributed by atoms with Gasteiger partial charge in [0.05, 0.1) is 6.10 Å². The lowest BCUT2D eigenvalue weighted by atomic mass is 9.78. The molecule has 0 aromatic heterocycles. The molecule has 3 atom stereocenters. The summed E-state index contributed by atoms with van der Waals surface area (Å²) in [7, 11) is 2.14. The lowest BCUT2D eigenvalue weighted by Crippen LogP contribution is -2.37. The fraction of sp³-hybridized carbons (Fsp3) is 0.647. The fourth-order valence-electron chi connectivity index (χ4n) is 3.23. The van der Waals surface area contributed by atoms with E-state index >= 15 is 0 Å². The molecule has 1 N–H and O–H groups in total. The van der Waals surface area contributed by atoms with Crippen LogP contribution in [0.4, 0.5) is 5.69 Å². The van der Waals surface area contributed by atoms with E-state index in [2.05, 4.69) is 50.1 Å². The zero-order valence-corrected chi connectivity index (χ0v) is 12.5. The molecule has 3 unspecified atom stereocenters. The Kier molecular flexibility index (Phi) is 4.87. The van der Waals surface area contributed by atoms with E-state index in [0.717, 1.165) is 18.9 Å². The van der Waals surface area contributed by atoms with Crippen LogP contribution in [-0.2, 0) is 0 Å². The molecule has 0 radical (unpaired) electrons. The van der Waals surface area contributed by atoms with E-state index in [1.807, 2.05) is 0 Å². The second-order valence-corrected chi connectivity index (χ2v) is 6.13. The summed E-state index contributed by atoms with van der Waals surface area (Å²) in [4.78, 5) is 2.29. The summed E-state index contributed by atoms with van der Waals surface area (Å²) in [6.07, 6.45) is 4.48. The molecule has 1 aromatic rings. The third-order valence-corrected chi connectivity index (χ3v) is 4.58. The number of anilines is 1. The third kappa shape index (κ3) is 3.73. The Morgan fingerprint density at radius 2 is 2.11 bits per heavy atom. The Morgan fingerprint density at radius 1 is 1.32 bits per heavy atom. The molecule has 1 aromatic carbocycles. The second kappa shape index (κ2) is 6.42. The Hall–Kier alpha value is -1.02. The quantitative estimate of drug-likeness (QED) is 0.895. The largest absolute Gasteiger partial charge is 0.393 e. The maximum atomic E-state index is 10.2. The van der Waals surface area contributed by atoms with Gasteiger partial charge in [0.1, 0.15) is 0 Å². The van der Waals surface area contributed by atoms with Crippen LogP contribution in [0.5, 0.6) is 0 Å². The van der Waals surface area contributed by atoms with Crippen molar-refractivity contribution in [1.29, 1.82) is 0 Å².